The Bertz CT molecular complexity index is 594. The van der Waals surface area contributed by atoms with Gasteiger partial charge in [0, 0.05) is 13.2 Å². The van der Waals surface area contributed by atoms with Crippen LogP contribution in [0.3, 0.4) is 0 Å². The molecule has 5 unspecified atom stereocenters. The zero-order chi connectivity index (χ0) is 23.3. The molecule has 0 radical (unpaired) electrons. The maximum atomic E-state index is 6.99. The van der Waals surface area contributed by atoms with Gasteiger partial charge < -0.3 is 35.4 Å². The predicted molar refractivity (Wildman–Crippen MR) is 132 cm³/mol. The summed E-state index contributed by atoms with van der Waals surface area (Å²) in [6.07, 6.45) is 3.48. The average Bonchev–Trinajstić information content (AvgIpc) is 3.54. The second-order valence-electron chi connectivity index (χ2n) is 10.2. The number of rotatable bonds is 14. The van der Waals surface area contributed by atoms with Crippen LogP contribution < -0.4 is 0 Å². The summed E-state index contributed by atoms with van der Waals surface area (Å²) in [7, 11) is -9.75. The first kappa shape index (κ1) is 27.1. The van der Waals surface area contributed by atoms with Gasteiger partial charge in [-0.25, -0.2) is 0 Å². The molecule has 3 saturated heterocycles. The second-order valence-corrected chi connectivity index (χ2v) is 24.6. The van der Waals surface area contributed by atoms with Gasteiger partial charge in [0.2, 0.25) is 0 Å². The fourth-order valence-electron chi connectivity index (χ4n) is 4.55. The maximum Gasteiger partial charge on any atom is 0.317 e. The Kier molecular flexibility index (Phi) is 9.77. The van der Waals surface area contributed by atoms with Gasteiger partial charge in [-0.1, -0.05) is 13.3 Å². The minimum atomic E-state index is -2.50. The maximum absolute atomic E-state index is 6.99. The van der Waals surface area contributed by atoms with Crippen LogP contribution in [0.25, 0.3) is 0 Å². The number of ether oxygens (including phenoxy) is 4. The van der Waals surface area contributed by atoms with Gasteiger partial charge >= 0.3 is 34.2 Å². The molecule has 3 aliphatic rings. The first-order valence-electron chi connectivity index (χ1n) is 12.2. The summed E-state index contributed by atoms with van der Waals surface area (Å²) in [5, 5.41) is 0. The molecule has 0 amide bonds. The molecule has 32 heavy (non-hydrogen) atoms. The highest BCUT2D eigenvalue weighted by atomic mass is 28.5. The largest absolute Gasteiger partial charge is 0.416 e. The van der Waals surface area contributed by atoms with Gasteiger partial charge in [0.1, 0.15) is 12.2 Å². The predicted octanol–water partition coefficient (Wildman–Crippen LogP) is 4.01. The molecule has 3 fully saturated rings. The summed E-state index contributed by atoms with van der Waals surface area (Å²) < 4.78 is 49.5. The number of hydrogen-bond acceptors (Lipinski definition) is 8. The van der Waals surface area contributed by atoms with E-state index in [0.29, 0.717) is 38.6 Å². The van der Waals surface area contributed by atoms with Crippen molar-refractivity contribution >= 4 is 34.2 Å². The van der Waals surface area contributed by atoms with E-state index in [-0.39, 0.29) is 0 Å². The molecule has 188 valence electrons. The van der Waals surface area contributed by atoms with Gasteiger partial charge in [0.25, 0.3) is 0 Å². The van der Waals surface area contributed by atoms with E-state index in [0.717, 1.165) is 50.6 Å². The Labute approximate surface area is 198 Å². The van der Waals surface area contributed by atoms with E-state index in [1.165, 1.54) is 0 Å². The molecule has 0 aliphatic carbocycles. The minimum Gasteiger partial charge on any atom is -0.416 e. The van der Waals surface area contributed by atoms with Crippen molar-refractivity contribution in [3.05, 3.63) is 0 Å². The lowest BCUT2D eigenvalue weighted by Gasteiger charge is -2.49. The van der Waals surface area contributed by atoms with Gasteiger partial charge in [-0.2, -0.15) is 0 Å². The molecular weight excluding hydrogens is 481 g/mol. The molecule has 0 aromatic heterocycles. The third kappa shape index (κ3) is 9.66. The van der Waals surface area contributed by atoms with Crippen molar-refractivity contribution in [3.8, 4) is 0 Å². The first-order chi connectivity index (χ1) is 15.0. The Balaban J connectivity index is 1.61. The lowest BCUT2D eigenvalue weighted by molar-refractivity contribution is 0.114. The van der Waals surface area contributed by atoms with Gasteiger partial charge in [-0.05, 0) is 63.7 Å². The van der Waals surface area contributed by atoms with Crippen molar-refractivity contribution in [2.75, 3.05) is 39.6 Å². The molecule has 0 N–H and O–H groups in total. The van der Waals surface area contributed by atoms with Crippen molar-refractivity contribution in [2.24, 2.45) is 0 Å². The van der Waals surface area contributed by atoms with E-state index in [4.69, 9.17) is 35.4 Å². The summed E-state index contributed by atoms with van der Waals surface area (Å²) in [6.45, 7) is 17.5. The molecule has 12 heteroatoms. The lowest BCUT2D eigenvalue weighted by atomic mass is 10.5. The van der Waals surface area contributed by atoms with Gasteiger partial charge in [-0.3, -0.25) is 0 Å². The molecule has 3 aliphatic heterocycles. The Morgan fingerprint density at radius 1 is 0.656 bits per heavy atom. The Morgan fingerprint density at radius 2 is 1.06 bits per heavy atom. The van der Waals surface area contributed by atoms with E-state index in [2.05, 4.69) is 39.7 Å². The van der Waals surface area contributed by atoms with Gasteiger partial charge in [0.05, 0.1) is 26.4 Å². The van der Waals surface area contributed by atoms with Crippen LogP contribution in [0, 0.1) is 0 Å². The SMILES string of the molecule is CCC[Si]1(C)O[Si](C)(C)O[Si](C)(CCCOCC2CO2)O[Si](C)(CCCOCC2CO2)O1. The monoisotopic (exact) mass is 524 g/mol. The highest BCUT2D eigenvalue weighted by molar-refractivity contribution is 6.93. The fraction of sp³-hybridized carbons (Fsp3) is 1.00. The average molecular weight is 525 g/mol. The van der Waals surface area contributed by atoms with Crippen LogP contribution in [0.5, 0.6) is 0 Å². The third-order valence-electron chi connectivity index (χ3n) is 5.74. The molecule has 0 saturated carbocycles. The van der Waals surface area contributed by atoms with Crippen LogP contribution in [0.1, 0.15) is 26.2 Å². The molecule has 0 bridgehead atoms. The second kappa shape index (κ2) is 11.5. The normalized spacial score (nSPS) is 38.8. The van der Waals surface area contributed by atoms with E-state index in [9.17, 15) is 0 Å². The summed E-state index contributed by atoms with van der Waals surface area (Å²) >= 11 is 0. The molecule has 0 spiro atoms. The van der Waals surface area contributed by atoms with E-state index >= 15 is 0 Å². The quantitative estimate of drug-likeness (QED) is 0.192. The standard InChI is InChI=1S/C20H44O8Si4/c1-7-12-30(4)25-29(2,3)26-31(5,13-8-10-21-15-19-17-23-19)28-32(6,27-30)14-9-11-22-16-20-18-24-20/h19-20H,7-18H2,1-6H3. The lowest BCUT2D eigenvalue weighted by Crippen LogP contribution is -2.66. The van der Waals surface area contributed by atoms with Crippen molar-refractivity contribution in [3.63, 3.8) is 0 Å². The molecule has 0 aromatic carbocycles. The van der Waals surface area contributed by atoms with Crippen molar-refractivity contribution in [1.82, 2.24) is 0 Å². The zero-order valence-electron chi connectivity index (χ0n) is 20.9. The zero-order valence-corrected chi connectivity index (χ0v) is 24.9. The van der Waals surface area contributed by atoms with Crippen molar-refractivity contribution in [1.29, 1.82) is 0 Å². The van der Waals surface area contributed by atoms with Crippen LogP contribution in [-0.2, 0) is 35.4 Å². The molecule has 3 rings (SSSR count). The summed E-state index contributed by atoms with van der Waals surface area (Å²) in [5.74, 6) is 0. The number of epoxide rings is 2. The molecular formula is C20H44O8Si4. The first-order valence-corrected chi connectivity index (χ1v) is 22.6. The smallest absolute Gasteiger partial charge is 0.317 e. The van der Waals surface area contributed by atoms with Gasteiger partial charge in [0.15, 0.2) is 0 Å². The summed E-state index contributed by atoms with van der Waals surface area (Å²) in [4.78, 5) is 0. The van der Waals surface area contributed by atoms with Crippen LogP contribution >= 0.6 is 0 Å². The Morgan fingerprint density at radius 3 is 1.47 bits per heavy atom. The molecule has 0 aromatic rings. The Hall–Kier alpha value is 0.548. The van der Waals surface area contributed by atoms with Crippen LogP contribution in [0.15, 0.2) is 0 Å². The fourth-order valence-corrected chi connectivity index (χ4v) is 27.3. The molecule has 8 nitrogen and oxygen atoms in total. The molecule has 3 heterocycles. The van der Waals surface area contributed by atoms with Crippen LogP contribution in [0.2, 0.25) is 50.9 Å². The van der Waals surface area contributed by atoms with Crippen LogP contribution in [-0.4, -0.2) is 86.1 Å². The summed E-state index contributed by atoms with van der Waals surface area (Å²) in [5.41, 5.74) is 0. The van der Waals surface area contributed by atoms with Gasteiger partial charge in [-0.15, -0.1) is 0 Å². The van der Waals surface area contributed by atoms with Crippen LogP contribution in [0.4, 0.5) is 0 Å². The van der Waals surface area contributed by atoms with E-state index in [1.54, 1.807) is 0 Å². The minimum absolute atomic E-state index is 0.301. The number of hydrogen-bond donors (Lipinski definition) is 0. The van der Waals surface area contributed by atoms with E-state index in [1.807, 2.05) is 0 Å². The van der Waals surface area contributed by atoms with Crippen molar-refractivity contribution < 1.29 is 35.4 Å². The highest BCUT2D eigenvalue weighted by Crippen LogP contribution is 2.37. The highest BCUT2D eigenvalue weighted by Gasteiger charge is 2.54. The summed E-state index contributed by atoms with van der Waals surface area (Å²) in [6, 6.07) is 2.73. The van der Waals surface area contributed by atoms with E-state index < -0.39 is 34.2 Å². The van der Waals surface area contributed by atoms with Crippen molar-refractivity contribution in [2.45, 2.75) is 89.3 Å². The topological polar surface area (TPSA) is 80.4 Å². The molecule has 5 atom stereocenters. The third-order valence-corrected chi connectivity index (χ3v) is 24.0.